The van der Waals surface area contributed by atoms with Crippen LogP contribution in [0.3, 0.4) is 0 Å². The van der Waals surface area contributed by atoms with E-state index in [1.807, 2.05) is 23.9 Å². The minimum atomic E-state index is -0.379. The first-order valence-corrected chi connectivity index (χ1v) is 8.81. The van der Waals surface area contributed by atoms with E-state index < -0.39 is 0 Å². The molecule has 0 bridgehead atoms. The van der Waals surface area contributed by atoms with Crippen LogP contribution in [0.1, 0.15) is 24.5 Å². The molecule has 0 saturated heterocycles. The van der Waals surface area contributed by atoms with Crippen LogP contribution in [0.15, 0.2) is 48.5 Å². The summed E-state index contributed by atoms with van der Waals surface area (Å²) in [5, 5.41) is 0. The van der Waals surface area contributed by atoms with Crippen molar-refractivity contribution < 1.29 is 14.3 Å². The first kappa shape index (κ1) is 18.0. The van der Waals surface area contributed by atoms with E-state index in [4.69, 9.17) is 9.47 Å². The van der Waals surface area contributed by atoms with E-state index in [-0.39, 0.29) is 5.97 Å². The van der Waals surface area contributed by atoms with Gasteiger partial charge in [-0.25, -0.2) is 0 Å². The summed E-state index contributed by atoms with van der Waals surface area (Å²) in [5.41, 5.74) is 2.14. The number of hydrogen-bond acceptors (Lipinski definition) is 4. The van der Waals surface area contributed by atoms with Crippen molar-refractivity contribution in [2.24, 2.45) is 0 Å². The smallest absolute Gasteiger partial charge is 0.308 e. The first-order chi connectivity index (χ1) is 11.7. The highest BCUT2D eigenvalue weighted by Crippen LogP contribution is 2.27. The third kappa shape index (κ3) is 6.02. The molecule has 2 rings (SSSR count). The van der Waals surface area contributed by atoms with Gasteiger partial charge in [0, 0.05) is 36.5 Å². The third-order valence-electron chi connectivity index (χ3n) is 3.13. The fourth-order valence-corrected chi connectivity index (χ4v) is 2.86. The van der Waals surface area contributed by atoms with Gasteiger partial charge in [0.25, 0.3) is 0 Å². The van der Waals surface area contributed by atoms with Gasteiger partial charge in [0.1, 0.15) is 0 Å². The molecule has 0 atom stereocenters. The van der Waals surface area contributed by atoms with Crippen LogP contribution in [-0.2, 0) is 10.5 Å². The molecule has 0 heterocycles. The summed E-state index contributed by atoms with van der Waals surface area (Å²) in [7, 11) is 1.54. The monoisotopic (exact) mass is 340 g/mol. The molecule has 2 aromatic carbocycles. The zero-order valence-electron chi connectivity index (χ0n) is 13.9. The Morgan fingerprint density at radius 3 is 2.62 bits per heavy atom. The number of esters is 1. The standard InChI is InChI=1S/C20H20O3S/c1-16(21)23-20-14-17(11-12-19(20)22-2)8-6-7-13-24-15-18-9-4-3-5-10-18/h3-5,9-12,14H,7,13,15H2,1-2H3. The number of rotatable bonds is 6. The van der Waals surface area contributed by atoms with Crippen molar-refractivity contribution in [1.29, 1.82) is 0 Å². The lowest BCUT2D eigenvalue weighted by atomic mass is 10.2. The van der Waals surface area contributed by atoms with Gasteiger partial charge < -0.3 is 9.47 Å². The predicted molar refractivity (Wildman–Crippen MR) is 98.4 cm³/mol. The van der Waals surface area contributed by atoms with Crippen molar-refractivity contribution in [3.8, 4) is 23.3 Å². The van der Waals surface area contributed by atoms with E-state index in [0.29, 0.717) is 11.5 Å². The highest BCUT2D eigenvalue weighted by atomic mass is 32.2. The highest BCUT2D eigenvalue weighted by Gasteiger charge is 2.07. The van der Waals surface area contributed by atoms with Crippen LogP contribution in [0, 0.1) is 11.8 Å². The summed E-state index contributed by atoms with van der Waals surface area (Å²) in [6.45, 7) is 1.36. The molecule has 0 spiro atoms. The molecule has 0 unspecified atom stereocenters. The molecule has 24 heavy (non-hydrogen) atoms. The highest BCUT2D eigenvalue weighted by molar-refractivity contribution is 7.98. The number of ether oxygens (including phenoxy) is 2. The molecule has 0 aliphatic heterocycles. The van der Waals surface area contributed by atoms with Gasteiger partial charge in [0.15, 0.2) is 11.5 Å². The minimum Gasteiger partial charge on any atom is -0.493 e. The maximum atomic E-state index is 11.1. The molecule has 0 aliphatic carbocycles. The Morgan fingerprint density at radius 1 is 1.12 bits per heavy atom. The average Bonchev–Trinajstić information content (AvgIpc) is 2.58. The Bertz CT molecular complexity index is 730. The second-order valence-electron chi connectivity index (χ2n) is 5.05. The second kappa shape index (κ2) is 9.69. The van der Waals surface area contributed by atoms with Gasteiger partial charge in [-0.15, -0.1) is 0 Å². The van der Waals surface area contributed by atoms with Gasteiger partial charge in [-0.2, -0.15) is 11.8 Å². The number of benzene rings is 2. The molecule has 124 valence electrons. The minimum absolute atomic E-state index is 0.379. The lowest BCUT2D eigenvalue weighted by molar-refractivity contribution is -0.132. The van der Waals surface area contributed by atoms with Crippen LogP contribution in [0.25, 0.3) is 0 Å². The molecule has 2 aromatic rings. The molecule has 0 amide bonds. The van der Waals surface area contributed by atoms with Crippen molar-refractivity contribution in [1.82, 2.24) is 0 Å². The second-order valence-corrected chi connectivity index (χ2v) is 6.15. The first-order valence-electron chi connectivity index (χ1n) is 7.66. The fourth-order valence-electron chi connectivity index (χ4n) is 2.04. The van der Waals surface area contributed by atoms with E-state index in [2.05, 4.69) is 36.1 Å². The topological polar surface area (TPSA) is 35.5 Å². The summed E-state index contributed by atoms with van der Waals surface area (Å²) in [6, 6.07) is 15.7. The number of thioether (sulfide) groups is 1. The van der Waals surface area contributed by atoms with Crippen LogP contribution < -0.4 is 9.47 Å². The van der Waals surface area contributed by atoms with Crippen LogP contribution in [0.5, 0.6) is 11.5 Å². The summed E-state index contributed by atoms with van der Waals surface area (Å²) >= 11 is 1.87. The Labute approximate surface area is 147 Å². The van der Waals surface area contributed by atoms with Gasteiger partial charge in [0.2, 0.25) is 0 Å². The fraction of sp³-hybridized carbons (Fsp3) is 0.250. The molecule has 4 heteroatoms. The number of carbonyl (C=O) groups excluding carboxylic acids is 1. The van der Waals surface area contributed by atoms with E-state index in [1.54, 1.807) is 12.1 Å². The van der Waals surface area contributed by atoms with Crippen LogP contribution in [0.4, 0.5) is 0 Å². The SMILES string of the molecule is COc1ccc(C#CCCSCc2ccccc2)cc1OC(C)=O. The Morgan fingerprint density at radius 2 is 1.92 bits per heavy atom. The van der Waals surface area contributed by atoms with Crippen LogP contribution in [-0.4, -0.2) is 18.8 Å². The van der Waals surface area contributed by atoms with Crippen molar-refractivity contribution in [3.05, 3.63) is 59.7 Å². The zero-order valence-corrected chi connectivity index (χ0v) is 14.7. The molecular weight excluding hydrogens is 320 g/mol. The van der Waals surface area contributed by atoms with Gasteiger partial charge in [-0.05, 0) is 17.7 Å². The molecule has 0 saturated carbocycles. The van der Waals surface area contributed by atoms with Crippen LogP contribution in [0.2, 0.25) is 0 Å². The third-order valence-corrected chi connectivity index (χ3v) is 4.16. The van der Waals surface area contributed by atoms with E-state index in [0.717, 1.165) is 23.5 Å². The van der Waals surface area contributed by atoms with Crippen molar-refractivity contribution >= 4 is 17.7 Å². The quantitative estimate of drug-likeness (QED) is 0.340. The molecule has 0 aliphatic rings. The van der Waals surface area contributed by atoms with E-state index >= 15 is 0 Å². The van der Waals surface area contributed by atoms with E-state index in [9.17, 15) is 4.79 Å². The lowest BCUT2D eigenvalue weighted by Crippen LogP contribution is -2.03. The molecule has 3 nitrogen and oxygen atoms in total. The molecule has 0 fully saturated rings. The van der Waals surface area contributed by atoms with Gasteiger partial charge >= 0.3 is 5.97 Å². The number of hydrogen-bond donors (Lipinski definition) is 0. The molecule has 0 aromatic heterocycles. The average molecular weight is 340 g/mol. The van der Waals surface area contributed by atoms with E-state index in [1.165, 1.54) is 19.6 Å². The molecule has 0 radical (unpaired) electrons. The predicted octanol–water partition coefficient (Wildman–Crippen LogP) is 4.30. The van der Waals surface area contributed by atoms with Gasteiger partial charge in [0.05, 0.1) is 7.11 Å². The largest absolute Gasteiger partial charge is 0.493 e. The number of methoxy groups -OCH3 is 1. The Kier molecular flexibility index (Phi) is 7.25. The van der Waals surface area contributed by atoms with Gasteiger partial charge in [-0.1, -0.05) is 42.2 Å². The van der Waals surface area contributed by atoms with Crippen molar-refractivity contribution in [2.45, 2.75) is 19.1 Å². The maximum Gasteiger partial charge on any atom is 0.308 e. The number of carbonyl (C=O) groups is 1. The van der Waals surface area contributed by atoms with Crippen molar-refractivity contribution in [2.75, 3.05) is 12.9 Å². The Balaban J connectivity index is 1.85. The zero-order chi connectivity index (χ0) is 17.2. The maximum absolute atomic E-state index is 11.1. The van der Waals surface area contributed by atoms with Crippen molar-refractivity contribution in [3.63, 3.8) is 0 Å². The summed E-state index contributed by atoms with van der Waals surface area (Å²) in [6.07, 6.45) is 0.812. The summed E-state index contributed by atoms with van der Waals surface area (Å²) in [4.78, 5) is 11.1. The van der Waals surface area contributed by atoms with Crippen LogP contribution >= 0.6 is 11.8 Å². The normalized spacial score (nSPS) is 9.75. The van der Waals surface area contributed by atoms with Gasteiger partial charge in [-0.3, -0.25) is 4.79 Å². The summed E-state index contributed by atoms with van der Waals surface area (Å²) in [5.74, 6) is 8.78. The Hall–Kier alpha value is -2.38. The summed E-state index contributed by atoms with van der Waals surface area (Å²) < 4.78 is 10.3. The lowest BCUT2D eigenvalue weighted by Gasteiger charge is -2.07. The molecule has 0 N–H and O–H groups in total. The molecular formula is C20H20O3S.